The van der Waals surface area contributed by atoms with Gasteiger partial charge in [0.15, 0.2) is 0 Å². The summed E-state index contributed by atoms with van der Waals surface area (Å²) in [6.45, 7) is 0. The Kier molecular flexibility index (Phi) is 2.64. The molecule has 84 valence electrons. The lowest BCUT2D eigenvalue weighted by atomic mass is 10.0. The molecule has 1 aliphatic rings. The maximum Gasteiger partial charge on any atom is 0.337 e. The van der Waals surface area contributed by atoms with E-state index < -0.39 is 0 Å². The maximum absolute atomic E-state index is 11.2. The normalized spacial score (nSPS) is 16.3. The van der Waals surface area contributed by atoms with Gasteiger partial charge in [0.1, 0.15) is 0 Å². The van der Waals surface area contributed by atoms with E-state index >= 15 is 0 Å². The van der Waals surface area contributed by atoms with Crippen LogP contribution in [0.2, 0.25) is 0 Å². The standard InChI is InChI=1S/C12H13NO3/c1-16-11(15)9-2-4-10(5-3-9)12(6-7-12)13-8-14/h2-5,8H,6-7H2,1H3,(H,13,14). The highest BCUT2D eigenvalue weighted by Crippen LogP contribution is 2.44. The van der Waals surface area contributed by atoms with E-state index in [-0.39, 0.29) is 11.5 Å². The van der Waals surface area contributed by atoms with Gasteiger partial charge in [0.2, 0.25) is 6.41 Å². The Balaban J connectivity index is 2.19. The molecule has 0 aromatic heterocycles. The first-order valence-corrected chi connectivity index (χ1v) is 5.12. The van der Waals surface area contributed by atoms with Crippen molar-refractivity contribution in [3.63, 3.8) is 0 Å². The lowest BCUT2D eigenvalue weighted by molar-refractivity contribution is -0.110. The Bertz CT molecular complexity index is 407. The van der Waals surface area contributed by atoms with E-state index in [9.17, 15) is 9.59 Å². The van der Waals surface area contributed by atoms with Crippen molar-refractivity contribution in [3.05, 3.63) is 35.4 Å². The van der Waals surface area contributed by atoms with E-state index in [1.54, 1.807) is 12.1 Å². The Morgan fingerprint density at radius 3 is 2.44 bits per heavy atom. The van der Waals surface area contributed by atoms with Crippen LogP contribution in [0, 0.1) is 0 Å². The molecular weight excluding hydrogens is 206 g/mol. The van der Waals surface area contributed by atoms with Gasteiger partial charge in [-0.1, -0.05) is 12.1 Å². The number of methoxy groups -OCH3 is 1. The molecule has 1 N–H and O–H groups in total. The van der Waals surface area contributed by atoms with Crippen LogP contribution in [0.5, 0.6) is 0 Å². The largest absolute Gasteiger partial charge is 0.465 e. The highest BCUT2D eigenvalue weighted by molar-refractivity contribution is 5.89. The van der Waals surface area contributed by atoms with Crippen LogP contribution in [-0.2, 0) is 15.1 Å². The van der Waals surface area contributed by atoms with E-state index in [1.807, 2.05) is 12.1 Å². The van der Waals surface area contributed by atoms with Crippen LogP contribution in [0.3, 0.4) is 0 Å². The molecule has 4 nitrogen and oxygen atoms in total. The quantitative estimate of drug-likeness (QED) is 0.611. The number of benzene rings is 1. The molecule has 1 aromatic rings. The molecule has 1 aliphatic carbocycles. The van der Waals surface area contributed by atoms with Crippen LogP contribution in [0.15, 0.2) is 24.3 Å². The zero-order chi connectivity index (χ0) is 11.6. The minimum absolute atomic E-state index is 0.198. The van der Waals surface area contributed by atoms with E-state index in [4.69, 9.17) is 0 Å². The number of nitrogens with one attached hydrogen (secondary N) is 1. The minimum Gasteiger partial charge on any atom is -0.465 e. The molecule has 1 saturated carbocycles. The maximum atomic E-state index is 11.2. The van der Waals surface area contributed by atoms with Crippen LogP contribution >= 0.6 is 0 Å². The molecule has 4 heteroatoms. The Hall–Kier alpha value is -1.84. The van der Waals surface area contributed by atoms with Gasteiger partial charge in [-0.3, -0.25) is 4.79 Å². The highest BCUT2D eigenvalue weighted by Gasteiger charge is 2.43. The molecule has 0 heterocycles. The number of amides is 1. The number of carbonyl (C=O) groups excluding carboxylic acids is 2. The molecule has 0 atom stereocenters. The van der Waals surface area contributed by atoms with Gasteiger partial charge in [-0.2, -0.15) is 0 Å². The van der Waals surface area contributed by atoms with Crippen LogP contribution in [0.25, 0.3) is 0 Å². The van der Waals surface area contributed by atoms with Crippen LogP contribution in [0.4, 0.5) is 0 Å². The monoisotopic (exact) mass is 219 g/mol. The third kappa shape index (κ3) is 1.78. The number of ether oxygens (including phenoxy) is 1. The van der Waals surface area contributed by atoms with E-state index in [0.717, 1.165) is 24.8 Å². The number of hydrogen-bond donors (Lipinski definition) is 1. The first-order valence-electron chi connectivity index (χ1n) is 5.12. The summed E-state index contributed by atoms with van der Waals surface area (Å²) in [5, 5.41) is 2.82. The van der Waals surface area contributed by atoms with Gasteiger partial charge < -0.3 is 10.1 Å². The van der Waals surface area contributed by atoms with Crippen molar-refractivity contribution >= 4 is 12.4 Å². The molecule has 0 spiro atoms. The number of hydrogen-bond acceptors (Lipinski definition) is 3. The molecule has 1 aromatic carbocycles. The first-order chi connectivity index (χ1) is 7.72. The minimum atomic E-state index is -0.347. The van der Waals surface area contributed by atoms with E-state index in [1.165, 1.54) is 7.11 Å². The number of esters is 1. The first kappa shape index (κ1) is 10.7. The van der Waals surface area contributed by atoms with Crippen molar-refractivity contribution in [2.24, 2.45) is 0 Å². The van der Waals surface area contributed by atoms with Crippen molar-refractivity contribution in [1.29, 1.82) is 0 Å². The van der Waals surface area contributed by atoms with Crippen LogP contribution in [-0.4, -0.2) is 19.5 Å². The summed E-state index contributed by atoms with van der Waals surface area (Å²) >= 11 is 0. The lowest BCUT2D eigenvalue weighted by Crippen LogP contribution is -2.27. The third-order valence-corrected chi connectivity index (χ3v) is 2.94. The summed E-state index contributed by atoms with van der Waals surface area (Å²) in [5.41, 5.74) is 1.36. The predicted octanol–water partition coefficient (Wildman–Crippen LogP) is 1.21. The fourth-order valence-electron chi connectivity index (χ4n) is 1.80. The lowest BCUT2D eigenvalue weighted by Gasteiger charge is -2.14. The predicted molar refractivity (Wildman–Crippen MR) is 57.9 cm³/mol. The van der Waals surface area contributed by atoms with E-state index in [0.29, 0.717) is 5.56 Å². The molecule has 1 amide bonds. The fraction of sp³-hybridized carbons (Fsp3) is 0.333. The van der Waals surface area contributed by atoms with Gasteiger partial charge >= 0.3 is 5.97 Å². The van der Waals surface area contributed by atoms with Crippen LogP contribution < -0.4 is 5.32 Å². The van der Waals surface area contributed by atoms with Crippen molar-refractivity contribution in [2.75, 3.05) is 7.11 Å². The second-order valence-corrected chi connectivity index (χ2v) is 3.91. The molecule has 0 unspecified atom stereocenters. The summed E-state index contributed by atoms with van der Waals surface area (Å²) in [5.74, 6) is -0.347. The second-order valence-electron chi connectivity index (χ2n) is 3.91. The third-order valence-electron chi connectivity index (χ3n) is 2.94. The summed E-state index contributed by atoms with van der Waals surface area (Å²) in [6, 6.07) is 7.15. The van der Waals surface area contributed by atoms with Gasteiger partial charge in [0.05, 0.1) is 18.2 Å². The number of rotatable bonds is 4. The summed E-state index contributed by atoms with van der Waals surface area (Å²) in [6.07, 6.45) is 2.62. The SMILES string of the molecule is COC(=O)c1ccc(C2(NC=O)CC2)cc1. The van der Waals surface area contributed by atoms with Crippen molar-refractivity contribution in [2.45, 2.75) is 18.4 Å². The van der Waals surface area contributed by atoms with Gasteiger partial charge in [0, 0.05) is 0 Å². The zero-order valence-corrected chi connectivity index (χ0v) is 9.03. The van der Waals surface area contributed by atoms with Gasteiger partial charge in [0.25, 0.3) is 0 Å². The van der Waals surface area contributed by atoms with Gasteiger partial charge in [-0.25, -0.2) is 4.79 Å². The number of carbonyl (C=O) groups is 2. The average Bonchev–Trinajstić information content (AvgIpc) is 3.10. The van der Waals surface area contributed by atoms with Crippen molar-refractivity contribution in [1.82, 2.24) is 5.32 Å². The fourth-order valence-corrected chi connectivity index (χ4v) is 1.80. The molecule has 0 aliphatic heterocycles. The molecule has 16 heavy (non-hydrogen) atoms. The molecule has 0 radical (unpaired) electrons. The molecule has 0 bridgehead atoms. The molecule has 2 rings (SSSR count). The summed E-state index contributed by atoms with van der Waals surface area (Å²) in [4.78, 5) is 21.7. The Morgan fingerprint density at radius 2 is 2.00 bits per heavy atom. The Morgan fingerprint density at radius 1 is 1.38 bits per heavy atom. The second kappa shape index (κ2) is 3.96. The van der Waals surface area contributed by atoms with E-state index in [2.05, 4.69) is 10.1 Å². The van der Waals surface area contributed by atoms with Gasteiger partial charge in [-0.15, -0.1) is 0 Å². The molecule has 0 saturated heterocycles. The zero-order valence-electron chi connectivity index (χ0n) is 9.03. The molecule has 1 fully saturated rings. The summed E-state index contributed by atoms with van der Waals surface area (Å²) in [7, 11) is 1.35. The Labute approximate surface area is 93.6 Å². The molecular formula is C12H13NO3. The van der Waals surface area contributed by atoms with Crippen molar-refractivity contribution < 1.29 is 14.3 Å². The summed E-state index contributed by atoms with van der Waals surface area (Å²) < 4.78 is 4.61. The average molecular weight is 219 g/mol. The van der Waals surface area contributed by atoms with Gasteiger partial charge in [-0.05, 0) is 30.5 Å². The van der Waals surface area contributed by atoms with Crippen molar-refractivity contribution in [3.8, 4) is 0 Å². The van der Waals surface area contributed by atoms with Crippen LogP contribution in [0.1, 0.15) is 28.8 Å². The highest BCUT2D eigenvalue weighted by atomic mass is 16.5. The smallest absolute Gasteiger partial charge is 0.337 e. The topological polar surface area (TPSA) is 55.4 Å².